The number of phenolic OH excluding ortho intramolecular Hbond substituents is 1. The van der Waals surface area contributed by atoms with Gasteiger partial charge >= 0.3 is 33.5 Å². The van der Waals surface area contributed by atoms with Crippen molar-refractivity contribution in [1.29, 1.82) is 0 Å². The average Bonchev–Trinajstić information content (AvgIpc) is 3.23. The van der Waals surface area contributed by atoms with Gasteiger partial charge < -0.3 is 21.3 Å². The topological polar surface area (TPSA) is 433 Å². The molecule has 0 fully saturated rings. The van der Waals surface area contributed by atoms with Gasteiger partial charge in [0, 0.05) is 5.69 Å². The molecule has 2 heterocycles. The highest BCUT2D eigenvalue weighted by molar-refractivity contribution is 7.94. The van der Waals surface area contributed by atoms with Crippen molar-refractivity contribution in [1.82, 2.24) is 15.0 Å². The van der Waals surface area contributed by atoms with Crippen molar-refractivity contribution in [2.24, 2.45) is 20.5 Å². The number of nitrogens with one attached hydrogen (secondary N) is 1. The summed E-state index contributed by atoms with van der Waals surface area (Å²) in [5, 5.41) is 50.7. The molecule has 28 nitrogen and oxygen atoms in total. The Morgan fingerprint density at radius 1 is 0.851 bits per heavy atom. The number of aromatic carboxylic acids is 1. The number of nitrogen functional groups attached to an aromatic ring is 1. The number of anilines is 3. The number of nitrogens with zero attached hydrogens (tertiary/aromatic N) is 8. The Morgan fingerprint density at radius 3 is 2.18 bits per heavy atom. The van der Waals surface area contributed by atoms with E-state index >= 15 is 0 Å². The van der Waals surface area contributed by atoms with Crippen LogP contribution in [0.2, 0.25) is 5.28 Å². The van der Waals surface area contributed by atoms with Gasteiger partial charge in [-0.2, -0.15) is 35.4 Å². The van der Waals surface area contributed by atoms with Gasteiger partial charge in [0.25, 0.3) is 20.2 Å². The predicted molar refractivity (Wildman–Crippen MR) is 228 cm³/mol. The van der Waals surface area contributed by atoms with Gasteiger partial charge in [-0.3, -0.25) is 13.7 Å². The van der Waals surface area contributed by atoms with E-state index in [1.165, 1.54) is 29.1 Å². The molecule has 67 heavy (non-hydrogen) atoms. The molecular weight excluding hydrogens is 1020 g/mol. The van der Waals surface area contributed by atoms with E-state index in [9.17, 15) is 57.8 Å². The van der Waals surface area contributed by atoms with Crippen molar-refractivity contribution >= 4 is 121 Å². The number of nitrogens with two attached hydrogens (primary N) is 1. The van der Waals surface area contributed by atoms with E-state index in [1.54, 1.807) is 0 Å². The number of benzene rings is 4. The molecule has 0 bridgehead atoms. The van der Waals surface area contributed by atoms with Crippen LogP contribution < -0.4 is 15.6 Å². The Hall–Kier alpha value is -6.47. The number of carbonyl (C=O) groups is 1. The van der Waals surface area contributed by atoms with Crippen molar-refractivity contribution in [2.45, 2.75) is 19.6 Å². The van der Waals surface area contributed by atoms with E-state index in [2.05, 4.69) is 54.3 Å². The molecule has 0 aliphatic rings. The number of azo groups is 2. The summed E-state index contributed by atoms with van der Waals surface area (Å²) in [7, 11) is -19.3. The van der Waals surface area contributed by atoms with Gasteiger partial charge in [-0.1, -0.05) is 5.04 Å². The maximum absolute atomic E-state index is 12.6. The third kappa shape index (κ3) is 12.3. The predicted octanol–water partition coefficient (Wildman–Crippen LogP) is 5.03. The van der Waals surface area contributed by atoms with Crippen LogP contribution in [-0.2, 0) is 54.0 Å². The fourth-order valence-electron chi connectivity index (χ4n) is 5.58. The van der Waals surface area contributed by atoms with Crippen molar-refractivity contribution in [2.75, 3.05) is 23.4 Å². The van der Waals surface area contributed by atoms with Crippen molar-refractivity contribution in [3.8, 4) is 11.7 Å². The lowest BCUT2D eigenvalue weighted by Crippen LogP contribution is -2.34. The number of sulfone groups is 1. The quantitative estimate of drug-likeness (QED) is 0.0106. The molecule has 6 rings (SSSR count). The Bertz CT molecular complexity index is 3480. The van der Waals surface area contributed by atoms with Crippen LogP contribution in [0, 0.1) is 0 Å². The summed E-state index contributed by atoms with van der Waals surface area (Å²) in [4.78, 5) is 21.1. The molecule has 0 aliphatic heterocycles. The zero-order valence-corrected chi connectivity index (χ0v) is 37.4. The molecule has 0 saturated heterocycles. The lowest BCUT2D eigenvalue weighted by Gasteiger charge is -2.14. The molecule has 0 saturated carbocycles. The number of pyridine rings is 1. The summed E-state index contributed by atoms with van der Waals surface area (Å²) < 4.78 is 135. The van der Waals surface area contributed by atoms with Crippen LogP contribution in [0.1, 0.15) is 10.4 Å². The summed E-state index contributed by atoms with van der Waals surface area (Å²) >= 11 is 6.26. The van der Waals surface area contributed by atoms with Crippen LogP contribution in [0.4, 0.5) is 40.1 Å². The second kappa shape index (κ2) is 19.8. The highest BCUT2D eigenvalue weighted by atomic mass is 35.5. The number of aromatic nitrogens is 4. The number of halogens is 1. The molecule has 9 N–H and O–H groups in total. The first-order valence-electron chi connectivity index (χ1n) is 17.4. The largest absolute Gasteiger partial charge is 0.505 e. The number of hydrogen-bond donors (Lipinski definition) is 8. The van der Waals surface area contributed by atoms with Crippen LogP contribution in [-0.4, -0.2) is 96.1 Å². The van der Waals surface area contributed by atoms with Gasteiger partial charge in [-0.15, -0.1) is 19.7 Å². The van der Waals surface area contributed by atoms with Crippen LogP contribution in [0.5, 0.6) is 5.75 Å². The van der Waals surface area contributed by atoms with Gasteiger partial charge in [0.05, 0.1) is 68.9 Å². The summed E-state index contributed by atoms with van der Waals surface area (Å²) in [6, 6.07) is 11.8. The zero-order chi connectivity index (χ0) is 49.1. The highest BCUT2D eigenvalue weighted by Gasteiger charge is 2.27. The number of aromatic hydroxyl groups is 1. The van der Waals surface area contributed by atoms with Gasteiger partial charge in [-0.25, -0.2) is 27.2 Å². The molecule has 0 unspecified atom stereocenters. The van der Waals surface area contributed by atoms with Crippen LogP contribution >= 0.6 is 23.6 Å². The van der Waals surface area contributed by atoms with Gasteiger partial charge in [-0.05, 0) is 93.7 Å². The smallest absolute Gasteiger partial charge is 0.444 e. The molecule has 2 aromatic heterocycles. The highest BCUT2D eigenvalue weighted by Crippen LogP contribution is 2.50. The molecule has 0 atom stereocenters. The first-order chi connectivity index (χ1) is 31.3. The zero-order valence-electron chi connectivity index (χ0n) is 32.6. The molecule has 34 heteroatoms. The van der Waals surface area contributed by atoms with E-state index in [-0.39, 0.29) is 61.3 Å². The summed E-state index contributed by atoms with van der Waals surface area (Å²) in [5.74, 6) is -3.44. The summed E-state index contributed by atoms with van der Waals surface area (Å²) in [6.07, 6.45) is 2.61. The van der Waals surface area contributed by atoms with Gasteiger partial charge in [0.2, 0.25) is 0 Å². The lowest BCUT2D eigenvalue weighted by molar-refractivity contribution is -0.603. The van der Waals surface area contributed by atoms with Crippen molar-refractivity contribution in [3.63, 3.8) is 0 Å². The molecular formula is C33H26ClN10O18S5+. The number of carboxylic acids is 1. The Labute approximate surface area is 384 Å². The summed E-state index contributed by atoms with van der Waals surface area (Å²) in [6.45, 7) is -0.910. The number of carboxylic acid groups (broad SMARTS) is 1. The fraction of sp³-hybridized carbons (Fsp3) is 0.0606. The maximum Gasteiger partial charge on any atom is 0.444 e. The van der Waals surface area contributed by atoms with E-state index in [0.29, 0.717) is 0 Å². The number of hydrogen-bond acceptors (Lipinski definition) is 24. The molecule has 6 aromatic rings. The maximum atomic E-state index is 12.6. The normalized spacial score (nSPS) is 12.6. The molecule has 0 amide bonds. The average molecular weight is 1050 g/mol. The van der Waals surface area contributed by atoms with Gasteiger partial charge in [0.1, 0.15) is 26.9 Å². The van der Waals surface area contributed by atoms with Gasteiger partial charge in [0.15, 0.2) is 15.6 Å². The third-order valence-electron chi connectivity index (χ3n) is 8.42. The summed E-state index contributed by atoms with van der Waals surface area (Å²) in [5.41, 5.74) is 3.37. The number of rotatable bonds is 18. The minimum atomic E-state index is -5.21. The standard InChI is InChI=1S/C33H25ClN10O18S5/c34-31-37-32(39-33(38-31)44-9-1-2-16(15-44)30(46)47)36-19-5-8-23(65(51,52)53)21(14-19)41-42-27-22(63-62-61-48)12-17-13-24(66(54,55)56)28(26(35)25(17)29(27)45)43-40-18-3-6-20(7-4-18)64(49,50)11-10-60-67(57,58)59/h1-9,12-15H,10-11H2,(H8-,35,36,37,38,39,40,41,45,46,47,48,51,52,53,54,55,56,57,58,59)/p+1. The number of phenols is 1. The minimum Gasteiger partial charge on any atom is -0.505 e. The first kappa shape index (κ1) is 50.0. The molecule has 0 radical (unpaired) electrons. The third-order valence-corrected chi connectivity index (χ3v) is 13.1. The minimum absolute atomic E-state index is 0.0215. The lowest BCUT2D eigenvalue weighted by atomic mass is 10.1. The second-order valence-corrected chi connectivity index (χ2v) is 19.8. The number of fused-ring (bicyclic) bond motifs is 1. The van der Waals surface area contributed by atoms with Crippen LogP contribution in [0.15, 0.2) is 119 Å². The van der Waals surface area contributed by atoms with Crippen LogP contribution in [0.3, 0.4) is 0 Å². The van der Waals surface area contributed by atoms with E-state index in [1.807, 2.05) is 0 Å². The second-order valence-electron chi connectivity index (χ2n) is 12.8. The Balaban J connectivity index is 1.41. The van der Waals surface area contributed by atoms with E-state index in [4.69, 9.17) is 27.1 Å². The van der Waals surface area contributed by atoms with Crippen molar-refractivity contribution < 1.29 is 85.7 Å². The Kier molecular flexibility index (Phi) is 14.7. The molecule has 352 valence electrons. The SMILES string of the molecule is Nc1c(N=Nc2ccc(S(=O)(=O)CCOS(=O)(=O)O)cc2)c(S(=O)(=O)O)cc2cc(SOOO)c(N=Nc3cc(Nc4nc(Cl)nc(-[n+]5cccc(C(=O)O)c5)n4)ccc3S(=O)(=O)O)c(O)c12. The monoisotopic (exact) mass is 1040 g/mol. The first-order valence-corrected chi connectivity index (χ1v) is 24.4. The van der Waals surface area contributed by atoms with E-state index in [0.717, 1.165) is 54.6 Å². The van der Waals surface area contributed by atoms with E-state index < -0.39 is 102 Å². The Morgan fingerprint density at radius 2 is 1.54 bits per heavy atom. The van der Waals surface area contributed by atoms with Crippen molar-refractivity contribution in [3.05, 3.63) is 90.0 Å². The fourth-order valence-corrected chi connectivity index (χ4v) is 8.99. The molecule has 0 aliphatic carbocycles. The molecule has 4 aromatic carbocycles. The van der Waals surface area contributed by atoms with Crippen LogP contribution in [0.25, 0.3) is 16.7 Å². The molecule has 0 spiro atoms.